The maximum atomic E-state index is 13.0. The lowest BCUT2D eigenvalue weighted by Gasteiger charge is -2.22. The van der Waals surface area contributed by atoms with Gasteiger partial charge in [-0.3, -0.25) is 9.59 Å². The number of amides is 1. The summed E-state index contributed by atoms with van der Waals surface area (Å²) in [6.07, 6.45) is 7.36. The van der Waals surface area contributed by atoms with Crippen molar-refractivity contribution in [2.45, 2.75) is 38.5 Å². The van der Waals surface area contributed by atoms with Crippen LogP contribution in [-0.2, 0) is 16.6 Å². The van der Waals surface area contributed by atoms with E-state index >= 15 is 0 Å². The first-order valence-corrected chi connectivity index (χ1v) is 10.3. The summed E-state index contributed by atoms with van der Waals surface area (Å²) in [6, 6.07) is 2.76. The number of H-pyrrole nitrogens is 1. The molecule has 1 atom stereocenters. The topological polar surface area (TPSA) is 157 Å². The van der Waals surface area contributed by atoms with Gasteiger partial charge in [0.25, 0.3) is 0 Å². The molecule has 162 valence electrons. The highest BCUT2D eigenvalue weighted by atomic mass is 16.2. The Morgan fingerprint density at radius 3 is 2.84 bits per heavy atom. The smallest absolute Gasteiger partial charge is 0.242 e. The first-order chi connectivity index (χ1) is 15.4. The van der Waals surface area contributed by atoms with Gasteiger partial charge in [0.2, 0.25) is 5.91 Å². The minimum atomic E-state index is -1.23. The number of rotatable bonds is 5. The quantitative estimate of drug-likeness (QED) is 0.428. The molecule has 0 saturated carbocycles. The molecule has 1 amide bonds. The fourth-order valence-electron chi connectivity index (χ4n) is 4.02. The Morgan fingerprint density at radius 1 is 1.22 bits per heavy atom. The maximum Gasteiger partial charge on any atom is 0.242 e. The van der Waals surface area contributed by atoms with E-state index in [4.69, 9.17) is 10.7 Å². The summed E-state index contributed by atoms with van der Waals surface area (Å²) in [7, 11) is 0. The number of nitrogen functional groups attached to an aromatic ring is 1. The normalized spacial score (nSPS) is 17.5. The number of nitrogens with two attached hydrogens (primary N) is 1. The minimum absolute atomic E-state index is 0.131. The van der Waals surface area contributed by atoms with Crippen LogP contribution in [0.3, 0.4) is 0 Å². The molecule has 0 fully saturated rings. The van der Waals surface area contributed by atoms with E-state index in [1.807, 2.05) is 0 Å². The zero-order chi connectivity index (χ0) is 22.5. The van der Waals surface area contributed by atoms with Gasteiger partial charge in [-0.25, -0.2) is 24.5 Å². The summed E-state index contributed by atoms with van der Waals surface area (Å²) >= 11 is 0. The molecule has 0 saturated heterocycles. The third-order valence-corrected chi connectivity index (χ3v) is 5.76. The van der Waals surface area contributed by atoms with E-state index in [-0.39, 0.29) is 23.0 Å². The molecule has 0 bridgehead atoms. The number of fused-ring (bicyclic) bond motifs is 2. The number of aromatic amines is 1. The molecule has 4 aromatic heterocycles. The summed E-state index contributed by atoms with van der Waals surface area (Å²) in [5, 5.41) is 7.01. The number of unbranched alkanes of at least 4 members (excludes halogenated alkanes) is 1. The third kappa shape index (κ3) is 2.93. The van der Waals surface area contributed by atoms with E-state index in [2.05, 4.69) is 37.3 Å². The number of carbonyl (C=O) groups excluding carboxylic acids is 1. The summed E-state index contributed by atoms with van der Waals surface area (Å²) in [4.78, 5) is 45.9. The Labute approximate surface area is 182 Å². The van der Waals surface area contributed by atoms with Crippen LogP contribution in [0, 0.1) is 0 Å². The zero-order valence-corrected chi connectivity index (χ0v) is 17.6. The van der Waals surface area contributed by atoms with Crippen LogP contribution in [0.4, 0.5) is 11.6 Å². The van der Waals surface area contributed by atoms with Gasteiger partial charge in [0, 0.05) is 24.0 Å². The van der Waals surface area contributed by atoms with Crippen LogP contribution in [0.15, 0.2) is 35.6 Å². The van der Waals surface area contributed by atoms with Crippen molar-refractivity contribution in [1.82, 2.24) is 34.5 Å². The number of pyridine rings is 1. The maximum absolute atomic E-state index is 13.0. The molecule has 5 heterocycles. The lowest BCUT2D eigenvalue weighted by atomic mass is 9.81. The monoisotopic (exact) mass is 431 g/mol. The molecule has 5 rings (SSSR count). The molecule has 1 aliphatic heterocycles. The predicted octanol–water partition coefficient (Wildman–Crippen LogP) is 1.45. The third-order valence-electron chi connectivity index (χ3n) is 5.76. The highest BCUT2D eigenvalue weighted by Crippen LogP contribution is 2.43. The van der Waals surface area contributed by atoms with Crippen LogP contribution < -0.4 is 16.5 Å². The van der Waals surface area contributed by atoms with Crippen LogP contribution in [0.5, 0.6) is 0 Å². The number of anilines is 2. The Kier molecular flexibility index (Phi) is 4.47. The first-order valence-electron chi connectivity index (χ1n) is 10.3. The van der Waals surface area contributed by atoms with Gasteiger partial charge in [0.05, 0.1) is 17.5 Å². The van der Waals surface area contributed by atoms with E-state index in [9.17, 15) is 9.59 Å². The van der Waals surface area contributed by atoms with Crippen LogP contribution in [0.25, 0.3) is 17.2 Å². The van der Waals surface area contributed by atoms with Crippen LogP contribution >= 0.6 is 0 Å². The van der Waals surface area contributed by atoms with Crippen molar-refractivity contribution in [2.24, 2.45) is 0 Å². The van der Waals surface area contributed by atoms with Crippen LogP contribution in [-0.4, -0.2) is 40.4 Å². The standard InChI is InChI=1S/C21H21N9O2/c1-3-4-5-12-19-24-10-25-30(19)9-13(26-12)17-27-16(22)15-18(28-17)29-20(32)21(15,2)14-8-11(31)6-7-23-14/h6-10H,3-5H2,1-2H3,(H,23,31)(H3,22,27,28,29,32)/t21-/m1/s1. The van der Waals surface area contributed by atoms with E-state index in [1.165, 1.54) is 24.7 Å². The number of nitrogens with one attached hydrogen (secondary N) is 2. The van der Waals surface area contributed by atoms with Gasteiger partial charge in [-0.1, -0.05) is 13.3 Å². The Morgan fingerprint density at radius 2 is 2.06 bits per heavy atom. The summed E-state index contributed by atoms with van der Waals surface area (Å²) < 4.78 is 1.64. The molecule has 11 heteroatoms. The van der Waals surface area contributed by atoms with Crippen molar-refractivity contribution in [3.63, 3.8) is 0 Å². The molecule has 0 aliphatic carbocycles. The largest absolute Gasteiger partial charge is 0.383 e. The summed E-state index contributed by atoms with van der Waals surface area (Å²) in [5.74, 6) is 0.338. The highest BCUT2D eigenvalue weighted by molar-refractivity contribution is 6.08. The Bertz CT molecular complexity index is 1420. The van der Waals surface area contributed by atoms with Gasteiger partial charge in [-0.2, -0.15) is 5.10 Å². The highest BCUT2D eigenvalue weighted by Gasteiger charge is 2.48. The van der Waals surface area contributed by atoms with Crippen LogP contribution in [0.2, 0.25) is 0 Å². The summed E-state index contributed by atoms with van der Waals surface area (Å²) in [6.45, 7) is 3.79. The predicted molar refractivity (Wildman–Crippen MR) is 117 cm³/mol. The van der Waals surface area contributed by atoms with E-state index in [1.54, 1.807) is 17.6 Å². The van der Waals surface area contributed by atoms with Gasteiger partial charge in [-0.15, -0.1) is 0 Å². The van der Waals surface area contributed by atoms with Gasteiger partial charge in [0.15, 0.2) is 16.9 Å². The molecule has 0 radical (unpaired) electrons. The summed E-state index contributed by atoms with van der Waals surface area (Å²) in [5.41, 5.74) is 7.67. The van der Waals surface area contributed by atoms with Crippen molar-refractivity contribution in [3.05, 3.63) is 58.0 Å². The fourth-order valence-corrected chi connectivity index (χ4v) is 4.02. The number of aromatic nitrogens is 7. The lowest BCUT2D eigenvalue weighted by Crippen LogP contribution is -2.34. The van der Waals surface area contributed by atoms with Gasteiger partial charge in [-0.05, 0) is 19.8 Å². The van der Waals surface area contributed by atoms with E-state index in [0.29, 0.717) is 28.4 Å². The van der Waals surface area contributed by atoms with Gasteiger partial charge >= 0.3 is 0 Å². The number of hydrogen-bond donors (Lipinski definition) is 3. The average Bonchev–Trinajstić information content (AvgIpc) is 3.35. The lowest BCUT2D eigenvalue weighted by molar-refractivity contribution is -0.119. The molecule has 0 unspecified atom stereocenters. The second-order valence-corrected chi connectivity index (χ2v) is 7.88. The molecule has 4 aromatic rings. The number of aryl methyl sites for hydroxylation is 1. The van der Waals surface area contributed by atoms with Crippen molar-refractivity contribution < 1.29 is 4.79 Å². The molecule has 11 nitrogen and oxygen atoms in total. The molecule has 32 heavy (non-hydrogen) atoms. The molecule has 1 aliphatic rings. The van der Waals surface area contributed by atoms with Crippen molar-refractivity contribution >= 4 is 23.2 Å². The zero-order valence-electron chi connectivity index (χ0n) is 17.6. The SMILES string of the molecule is CCCCc1nc(-c2nc(N)c3c(n2)NC(=O)[C@]3(C)c2cc(=O)cc[nH]2)cn2ncnc12. The van der Waals surface area contributed by atoms with Crippen molar-refractivity contribution in [2.75, 3.05) is 11.1 Å². The fraction of sp³-hybridized carbons (Fsp3) is 0.286. The second-order valence-electron chi connectivity index (χ2n) is 7.88. The minimum Gasteiger partial charge on any atom is -0.383 e. The molecular weight excluding hydrogens is 410 g/mol. The molecule has 0 aromatic carbocycles. The Hall–Kier alpha value is -4.15. The first kappa shape index (κ1) is 19.8. The van der Waals surface area contributed by atoms with E-state index < -0.39 is 5.41 Å². The number of nitrogens with zero attached hydrogens (tertiary/aromatic N) is 6. The van der Waals surface area contributed by atoms with E-state index in [0.717, 1.165) is 25.0 Å². The molecule has 4 N–H and O–H groups in total. The number of hydrogen-bond acceptors (Lipinski definition) is 8. The Balaban J connectivity index is 1.65. The van der Waals surface area contributed by atoms with Gasteiger partial charge in [0.1, 0.15) is 29.1 Å². The van der Waals surface area contributed by atoms with Crippen molar-refractivity contribution in [3.8, 4) is 11.5 Å². The number of carbonyl (C=O) groups is 1. The average molecular weight is 431 g/mol. The van der Waals surface area contributed by atoms with Crippen LogP contribution in [0.1, 0.15) is 43.6 Å². The van der Waals surface area contributed by atoms with Crippen molar-refractivity contribution in [1.29, 1.82) is 0 Å². The van der Waals surface area contributed by atoms with Gasteiger partial charge < -0.3 is 16.0 Å². The molecular formula is C21H21N9O2. The second kappa shape index (κ2) is 7.22. The molecule has 0 spiro atoms.